The number of benzene rings is 1. The number of thiophene rings is 1. The average Bonchev–Trinajstić information content (AvgIpc) is 3.14. The Bertz CT molecular complexity index is 689. The van der Waals surface area contributed by atoms with Gasteiger partial charge in [-0.1, -0.05) is 24.3 Å². The molecule has 0 unspecified atom stereocenters. The van der Waals surface area contributed by atoms with E-state index >= 15 is 0 Å². The number of hydrogen-bond donors (Lipinski definition) is 0. The molecule has 126 valence electrons. The molecule has 0 N–H and O–H groups in total. The van der Waals surface area contributed by atoms with Crippen LogP contribution in [0, 0.1) is 0 Å². The van der Waals surface area contributed by atoms with Crippen molar-refractivity contribution >= 4 is 17.2 Å². The van der Waals surface area contributed by atoms with Gasteiger partial charge in [0.1, 0.15) is 0 Å². The van der Waals surface area contributed by atoms with Gasteiger partial charge in [-0.25, -0.2) is 0 Å². The minimum Gasteiger partial charge on any atom is -0.340 e. The average molecular weight is 340 g/mol. The number of fused-ring (bicyclic) bond motifs is 1. The fourth-order valence-corrected chi connectivity index (χ4v) is 4.67. The fraction of sp³-hybridized carbons (Fsp3) is 0.450. The molecule has 0 bridgehead atoms. The number of hydrogen-bond acceptors (Lipinski definition) is 3. The summed E-state index contributed by atoms with van der Waals surface area (Å²) in [4.78, 5) is 17.1. The topological polar surface area (TPSA) is 23.6 Å². The normalized spacial score (nSPS) is 21.5. The van der Waals surface area contributed by atoms with Gasteiger partial charge in [-0.05, 0) is 52.8 Å². The minimum absolute atomic E-state index is 0.280. The first-order valence-electron chi connectivity index (χ1n) is 8.89. The van der Waals surface area contributed by atoms with Crippen LogP contribution in [0.15, 0.2) is 41.1 Å². The van der Waals surface area contributed by atoms with Gasteiger partial charge in [0.05, 0.1) is 6.42 Å². The SMILES string of the molecule is O=C(Cc1ccsc1)N1CCN([C@@H]2CCc3ccccc3C2)CC1. The number of piperazine rings is 1. The maximum Gasteiger partial charge on any atom is 0.227 e. The summed E-state index contributed by atoms with van der Waals surface area (Å²) in [5.74, 6) is 0.280. The van der Waals surface area contributed by atoms with E-state index in [1.54, 1.807) is 11.3 Å². The van der Waals surface area contributed by atoms with Gasteiger partial charge < -0.3 is 4.90 Å². The summed E-state index contributed by atoms with van der Waals surface area (Å²) in [6.45, 7) is 3.78. The summed E-state index contributed by atoms with van der Waals surface area (Å²) in [6, 6.07) is 11.6. The molecule has 2 aliphatic rings. The Hall–Kier alpha value is -1.65. The third kappa shape index (κ3) is 3.40. The predicted octanol–water partition coefficient (Wildman–Crippen LogP) is 2.99. The molecule has 3 nitrogen and oxygen atoms in total. The second-order valence-corrected chi connectivity index (χ2v) is 7.67. The van der Waals surface area contributed by atoms with Gasteiger partial charge in [-0.15, -0.1) is 0 Å². The predicted molar refractivity (Wildman–Crippen MR) is 98.4 cm³/mol. The van der Waals surface area contributed by atoms with Gasteiger partial charge in [0.2, 0.25) is 5.91 Å². The summed E-state index contributed by atoms with van der Waals surface area (Å²) in [5, 5.41) is 4.12. The number of amides is 1. The molecule has 0 radical (unpaired) electrons. The molecular weight excluding hydrogens is 316 g/mol. The third-order valence-electron chi connectivity index (χ3n) is 5.44. The summed E-state index contributed by atoms with van der Waals surface area (Å²) in [5.41, 5.74) is 4.19. The van der Waals surface area contributed by atoms with Crippen LogP contribution >= 0.6 is 11.3 Å². The van der Waals surface area contributed by atoms with E-state index in [0.717, 1.165) is 31.7 Å². The van der Waals surface area contributed by atoms with E-state index in [2.05, 4.69) is 40.6 Å². The van der Waals surface area contributed by atoms with Gasteiger partial charge in [0.15, 0.2) is 0 Å². The lowest BCUT2D eigenvalue weighted by molar-refractivity contribution is -0.132. The molecule has 1 fully saturated rings. The lowest BCUT2D eigenvalue weighted by Gasteiger charge is -2.41. The van der Waals surface area contributed by atoms with Crippen molar-refractivity contribution in [2.75, 3.05) is 26.2 Å². The molecule has 2 heterocycles. The standard InChI is InChI=1S/C20H24N2OS/c23-20(13-16-7-12-24-15-16)22-10-8-21(9-11-22)19-6-5-17-3-1-2-4-18(17)14-19/h1-4,7,12,15,19H,5-6,8-11,13-14H2/t19-/m1/s1. The molecule has 1 amide bonds. The van der Waals surface area contributed by atoms with E-state index in [1.807, 2.05) is 10.3 Å². The third-order valence-corrected chi connectivity index (χ3v) is 6.17. The van der Waals surface area contributed by atoms with Crippen molar-refractivity contribution in [1.82, 2.24) is 9.80 Å². The molecule has 1 aliphatic carbocycles. The van der Waals surface area contributed by atoms with Gasteiger partial charge >= 0.3 is 0 Å². The molecule has 24 heavy (non-hydrogen) atoms. The van der Waals surface area contributed by atoms with Crippen LogP contribution in [0.3, 0.4) is 0 Å². The molecule has 1 aromatic carbocycles. The van der Waals surface area contributed by atoms with E-state index in [4.69, 9.17) is 0 Å². The number of aryl methyl sites for hydroxylation is 1. The largest absolute Gasteiger partial charge is 0.340 e. The molecule has 1 saturated heterocycles. The van der Waals surface area contributed by atoms with Crippen molar-refractivity contribution in [2.45, 2.75) is 31.7 Å². The fourth-order valence-electron chi connectivity index (χ4n) is 4.01. The van der Waals surface area contributed by atoms with Crippen molar-refractivity contribution in [3.05, 3.63) is 57.8 Å². The molecular formula is C20H24N2OS. The Morgan fingerprint density at radius 2 is 1.88 bits per heavy atom. The molecule has 1 atom stereocenters. The number of rotatable bonds is 3. The quantitative estimate of drug-likeness (QED) is 0.857. The minimum atomic E-state index is 0.280. The summed E-state index contributed by atoms with van der Waals surface area (Å²) < 4.78 is 0. The van der Waals surface area contributed by atoms with Crippen LogP contribution in [0.25, 0.3) is 0 Å². The van der Waals surface area contributed by atoms with E-state index in [-0.39, 0.29) is 5.91 Å². The Morgan fingerprint density at radius 3 is 2.62 bits per heavy atom. The zero-order valence-electron chi connectivity index (χ0n) is 14.0. The second kappa shape index (κ2) is 7.08. The molecule has 1 aromatic heterocycles. The van der Waals surface area contributed by atoms with E-state index in [9.17, 15) is 4.79 Å². The smallest absolute Gasteiger partial charge is 0.227 e. The van der Waals surface area contributed by atoms with E-state index < -0.39 is 0 Å². The second-order valence-electron chi connectivity index (χ2n) is 6.89. The van der Waals surface area contributed by atoms with Gasteiger partial charge in [0, 0.05) is 32.2 Å². The molecule has 2 aromatic rings. The first kappa shape index (κ1) is 15.9. The van der Waals surface area contributed by atoms with Gasteiger partial charge in [-0.2, -0.15) is 11.3 Å². The van der Waals surface area contributed by atoms with Crippen molar-refractivity contribution in [2.24, 2.45) is 0 Å². The monoisotopic (exact) mass is 340 g/mol. The Balaban J connectivity index is 1.31. The first-order valence-corrected chi connectivity index (χ1v) is 9.83. The van der Waals surface area contributed by atoms with Gasteiger partial charge in [-0.3, -0.25) is 9.69 Å². The molecule has 4 rings (SSSR count). The summed E-state index contributed by atoms with van der Waals surface area (Å²) in [6.07, 6.45) is 4.16. The van der Waals surface area contributed by atoms with Crippen LogP contribution < -0.4 is 0 Å². The van der Waals surface area contributed by atoms with Crippen LogP contribution in [-0.4, -0.2) is 47.9 Å². The molecule has 1 aliphatic heterocycles. The number of carbonyl (C=O) groups is 1. The highest BCUT2D eigenvalue weighted by molar-refractivity contribution is 7.08. The van der Waals surface area contributed by atoms with Crippen LogP contribution in [-0.2, 0) is 24.1 Å². The van der Waals surface area contributed by atoms with E-state index in [0.29, 0.717) is 12.5 Å². The van der Waals surface area contributed by atoms with Crippen molar-refractivity contribution in [1.29, 1.82) is 0 Å². The highest BCUT2D eigenvalue weighted by Gasteiger charge is 2.28. The Labute approximate surface area is 147 Å². The van der Waals surface area contributed by atoms with Crippen molar-refractivity contribution in [3.63, 3.8) is 0 Å². The highest BCUT2D eigenvalue weighted by Crippen LogP contribution is 2.25. The molecule has 0 saturated carbocycles. The van der Waals surface area contributed by atoms with Crippen molar-refractivity contribution < 1.29 is 4.79 Å². The number of carbonyl (C=O) groups excluding carboxylic acids is 1. The summed E-state index contributed by atoms with van der Waals surface area (Å²) in [7, 11) is 0. The summed E-state index contributed by atoms with van der Waals surface area (Å²) >= 11 is 1.66. The van der Waals surface area contributed by atoms with Crippen molar-refractivity contribution in [3.8, 4) is 0 Å². The zero-order valence-corrected chi connectivity index (χ0v) is 14.8. The lowest BCUT2D eigenvalue weighted by Crippen LogP contribution is -2.53. The Morgan fingerprint density at radius 1 is 1.08 bits per heavy atom. The molecule has 0 spiro atoms. The Kier molecular flexibility index (Phi) is 4.67. The van der Waals surface area contributed by atoms with Crippen LogP contribution in [0.5, 0.6) is 0 Å². The maximum atomic E-state index is 12.4. The maximum absolute atomic E-state index is 12.4. The lowest BCUT2D eigenvalue weighted by atomic mass is 9.87. The number of nitrogens with zero attached hydrogens (tertiary/aromatic N) is 2. The van der Waals surface area contributed by atoms with E-state index in [1.165, 1.54) is 30.4 Å². The highest BCUT2D eigenvalue weighted by atomic mass is 32.1. The molecule has 4 heteroatoms. The van der Waals surface area contributed by atoms with Crippen LogP contribution in [0.1, 0.15) is 23.1 Å². The first-order chi connectivity index (χ1) is 11.8. The van der Waals surface area contributed by atoms with Gasteiger partial charge in [0.25, 0.3) is 0 Å². The van der Waals surface area contributed by atoms with Crippen LogP contribution in [0.4, 0.5) is 0 Å². The van der Waals surface area contributed by atoms with Crippen LogP contribution in [0.2, 0.25) is 0 Å². The zero-order chi connectivity index (χ0) is 16.4.